The molecule has 0 bridgehead atoms. The van der Waals surface area contributed by atoms with Gasteiger partial charge in [-0.05, 0) is 53.3 Å². The lowest BCUT2D eigenvalue weighted by Gasteiger charge is -2.30. The first kappa shape index (κ1) is 36.3. The molecule has 0 radical (unpaired) electrons. The zero-order chi connectivity index (χ0) is 35.7. The van der Waals surface area contributed by atoms with E-state index < -0.39 is 54.4 Å². The molecule has 1 fully saturated rings. The summed E-state index contributed by atoms with van der Waals surface area (Å²) in [4.78, 5) is 33.2. The highest BCUT2D eigenvalue weighted by atomic mass is 19.4. The third-order valence-electron chi connectivity index (χ3n) is 8.15. The van der Waals surface area contributed by atoms with E-state index in [2.05, 4.69) is 20.6 Å². The lowest BCUT2D eigenvalue weighted by atomic mass is 9.84. The van der Waals surface area contributed by atoms with Crippen LogP contribution in [-0.4, -0.2) is 72.6 Å². The van der Waals surface area contributed by atoms with Crippen LogP contribution in [0.25, 0.3) is 11.1 Å². The molecule has 4 atom stereocenters. The lowest BCUT2D eigenvalue weighted by Crippen LogP contribution is -2.49. The van der Waals surface area contributed by atoms with E-state index >= 15 is 4.39 Å². The Kier molecular flexibility index (Phi) is 12.1. The molecule has 0 aliphatic carbocycles. The fourth-order valence-corrected chi connectivity index (χ4v) is 5.55. The van der Waals surface area contributed by atoms with Crippen molar-refractivity contribution in [3.8, 4) is 11.1 Å². The molecule has 1 aliphatic rings. The number of benzene rings is 2. The molecule has 0 spiro atoms. The average Bonchev–Trinajstić information content (AvgIpc) is 3.11. The van der Waals surface area contributed by atoms with E-state index in [1.807, 2.05) is 36.4 Å². The number of pyridine rings is 2. The molecule has 1 saturated heterocycles. The number of nitrogens with two attached hydrogens (primary N) is 1. The van der Waals surface area contributed by atoms with Gasteiger partial charge in [0.2, 0.25) is 5.91 Å². The van der Waals surface area contributed by atoms with E-state index in [4.69, 9.17) is 15.2 Å². The van der Waals surface area contributed by atoms with Crippen molar-refractivity contribution in [2.45, 2.75) is 43.1 Å². The fourth-order valence-electron chi connectivity index (χ4n) is 5.55. The number of anilines is 1. The molecule has 50 heavy (non-hydrogen) atoms. The number of amides is 2. The van der Waals surface area contributed by atoms with Crippen molar-refractivity contribution in [2.24, 2.45) is 5.73 Å². The van der Waals surface area contributed by atoms with Crippen molar-refractivity contribution in [1.82, 2.24) is 20.6 Å². The van der Waals surface area contributed by atoms with Crippen LogP contribution in [0.5, 0.6) is 0 Å². The van der Waals surface area contributed by atoms with E-state index in [1.165, 1.54) is 18.3 Å². The number of nitrogens with zero attached hydrogens (tertiary/aromatic N) is 2. The topological polar surface area (TPSA) is 140 Å². The number of hydrogen-bond donors (Lipinski definition) is 4. The Morgan fingerprint density at radius 2 is 1.70 bits per heavy atom. The Balaban J connectivity index is 1.21. The number of nitrogens with one attached hydrogen (secondary N) is 3. The molecule has 1 unspecified atom stereocenters. The first-order valence-corrected chi connectivity index (χ1v) is 15.7. The van der Waals surface area contributed by atoms with E-state index in [1.54, 1.807) is 29.8 Å². The molecule has 15 heteroatoms. The van der Waals surface area contributed by atoms with Gasteiger partial charge >= 0.3 is 12.3 Å². The van der Waals surface area contributed by atoms with E-state index in [0.717, 1.165) is 17.3 Å². The quantitative estimate of drug-likeness (QED) is 0.150. The number of hydrogen-bond acceptors (Lipinski definition) is 8. The summed E-state index contributed by atoms with van der Waals surface area (Å²) in [7, 11) is 0. The van der Waals surface area contributed by atoms with Crippen molar-refractivity contribution in [2.75, 3.05) is 31.6 Å². The first-order chi connectivity index (χ1) is 24.0. The van der Waals surface area contributed by atoms with Crippen LogP contribution in [0.15, 0.2) is 85.5 Å². The van der Waals surface area contributed by atoms with Crippen molar-refractivity contribution in [1.29, 1.82) is 0 Å². The van der Waals surface area contributed by atoms with Gasteiger partial charge in [-0.2, -0.15) is 13.2 Å². The largest absolute Gasteiger partial charge is 0.448 e. The molecule has 5 rings (SSSR count). The zero-order valence-electron chi connectivity index (χ0n) is 26.6. The summed E-state index contributed by atoms with van der Waals surface area (Å²) in [6.07, 6.45) is 0.140. The van der Waals surface area contributed by atoms with Gasteiger partial charge in [0.15, 0.2) is 0 Å². The molecule has 10 nitrogen and oxygen atoms in total. The van der Waals surface area contributed by atoms with Crippen LogP contribution >= 0.6 is 0 Å². The summed E-state index contributed by atoms with van der Waals surface area (Å²) in [6, 6.07) is 15.3. The van der Waals surface area contributed by atoms with Gasteiger partial charge in [-0.3, -0.25) is 14.8 Å². The van der Waals surface area contributed by atoms with E-state index in [0.29, 0.717) is 24.1 Å². The SMILES string of the molecule is N[C@H](C(=O)Nc1cncc(F)c1CC[C@@H]1CN[C@H](COC(=O)NCC(F)(F)F)CO1)C(c1ccc(F)cc1)c1ccc(-c2cccnc2)cc1. The maximum atomic E-state index is 15.1. The van der Waals surface area contributed by atoms with Crippen molar-refractivity contribution >= 4 is 17.7 Å². The molecule has 0 saturated carbocycles. The van der Waals surface area contributed by atoms with Gasteiger partial charge in [0.25, 0.3) is 0 Å². The third kappa shape index (κ3) is 10.0. The second-order valence-corrected chi connectivity index (χ2v) is 11.7. The van der Waals surface area contributed by atoms with Gasteiger partial charge in [-0.1, -0.05) is 42.5 Å². The van der Waals surface area contributed by atoms with Crippen molar-refractivity contribution < 1.29 is 41.0 Å². The summed E-state index contributed by atoms with van der Waals surface area (Å²) in [6.45, 7) is -1.31. The minimum absolute atomic E-state index is 0.0997. The first-order valence-electron chi connectivity index (χ1n) is 15.7. The Labute approximate surface area is 284 Å². The molecular formula is C35H35F5N6O4. The summed E-state index contributed by atoms with van der Waals surface area (Å²) in [5.74, 6) is -2.38. The van der Waals surface area contributed by atoms with Gasteiger partial charge in [-0.15, -0.1) is 0 Å². The monoisotopic (exact) mass is 698 g/mol. The number of morpholine rings is 1. The number of halogens is 5. The summed E-state index contributed by atoms with van der Waals surface area (Å²) < 4.78 is 76.3. The van der Waals surface area contributed by atoms with Gasteiger partial charge in [0.05, 0.1) is 42.9 Å². The predicted octanol–water partition coefficient (Wildman–Crippen LogP) is 5.10. The van der Waals surface area contributed by atoms with Crippen LogP contribution < -0.4 is 21.7 Å². The molecule has 4 aromatic rings. The molecule has 2 aromatic carbocycles. The number of ether oxygens (including phenoxy) is 2. The van der Waals surface area contributed by atoms with Gasteiger partial charge < -0.3 is 31.2 Å². The van der Waals surface area contributed by atoms with Crippen LogP contribution in [0.1, 0.15) is 29.0 Å². The Bertz CT molecular complexity index is 1720. The van der Waals surface area contributed by atoms with Crippen LogP contribution in [0.4, 0.5) is 32.4 Å². The van der Waals surface area contributed by atoms with E-state index in [9.17, 15) is 27.2 Å². The standard InChI is InChI=1S/C35H35F5N6O4/c36-25-9-7-23(8-10-25)31(22-5-3-21(4-6-22)24-2-1-13-42-14-24)32(41)33(47)46-30-17-43-16-29(37)28(30)12-11-27-15-44-26(18-49-27)19-50-34(48)45-20-35(38,39)40/h1-10,13-14,16-17,26-27,31-32,44H,11-12,15,18-20,41H2,(H,45,48)(H,46,47)/t26-,27+,31?,32-/m0/s1. The molecule has 2 amide bonds. The zero-order valence-corrected chi connectivity index (χ0v) is 26.6. The molecule has 264 valence electrons. The Hall–Kier alpha value is -4.99. The van der Waals surface area contributed by atoms with Crippen LogP contribution in [0.2, 0.25) is 0 Å². The van der Waals surface area contributed by atoms with Crippen LogP contribution in [-0.2, 0) is 20.7 Å². The summed E-state index contributed by atoms with van der Waals surface area (Å²) in [5.41, 5.74) is 10.0. The molecule has 3 heterocycles. The number of alkyl halides is 3. The van der Waals surface area contributed by atoms with Crippen molar-refractivity contribution in [3.05, 3.63) is 114 Å². The average molecular weight is 699 g/mol. The second-order valence-electron chi connectivity index (χ2n) is 11.7. The molecule has 1 aliphatic heterocycles. The lowest BCUT2D eigenvalue weighted by molar-refractivity contribution is -0.124. The van der Waals surface area contributed by atoms with Gasteiger partial charge in [0, 0.05) is 30.4 Å². The van der Waals surface area contributed by atoms with Gasteiger partial charge in [0.1, 0.15) is 24.8 Å². The highest BCUT2D eigenvalue weighted by Gasteiger charge is 2.30. The third-order valence-corrected chi connectivity index (χ3v) is 8.15. The number of rotatable bonds is 12. The number of alkyl carbamates (subject to hydrolysis) is 1. The maximum absolute atomic E-state index is 15.1. The van der Waals surface area contributed by atoms with Crippen LogP contribution in [0, 0.1) is 11.6 Å². The molecule has 2 aromatic heterocycles. The molecular weight excluding hydrogens is 663 g/mol. The Morgan fingerprint density at radius 3 is 2.34 bits per heavy atom. The number of aromatic nitrogens is 2. The number of carbonyl (C=O) groups is 2. The summed E-state index contributed by atoms with van der Waals surface area (Å²) in [5, 5.41) is 7.45. The summed E-state index contributed by atoms with van der Waals surface area (Å²) >= 11 is 0. The molecule has 5 N–H and O–H groups in total. The van der Waals surface area contributed by atoms with Crippen molar-refractivity contribution in [3.63, 3.8) is 0 Å². The number of carbonyl (C=O) groups excluding carboxylic acids is 2. The highest BCUT2D eigenvalue weighted by Crippen LogP contribution is 2.31. The highest BCUT2D eigenvalue weighted by molar-refractivity contribution is 5.96. The normalized spacial score (nSPS) is 17.4. The minimum Gasteiger partial charge on any atom is -0.448 e. The fraction of sp³-hybridized carbons (Fsp3) is 0.314. The van der Waals surface area contributed by atoms with Crippen LogP contribution in [0.3, 0.4) is 0 Å². The smallest absolute Gasteiger partial charge is 0.407 e. The predicted molar refractivity (Wildman–Crippen MR) is 174 cm³/mol. The van der Waals surface area contributed by atoms with E-state index in [-0.39, 0.29) is 37.0 Å². The minimum atomic E-state index is -4.55. The van der Waals surface area contributed by atoms with Gasteiger partial charge in [-0.25, -0.2) is 13.6 Å². The Morgan fingerprint density at radius 1 is 0.980 bits per heavy atom. The maximum Gasteiger partial charge on any atom is 0.407 e. The second kappa shape index (κ2) is 16.6.